The van der Waals surface area contributed by atoms with Gasteiger partial charge in [-0.2, -0.15) is 0 Å². The Balaban J connectivity index is 3.03. The number of carbonyl (C=O) groups excluding carboxylic acids is 2. The van der Waals surface area contributed by atoms with E-state index in [1.165, 1.54) is 6.92 Å². The first-order valence-corrected chi connectivity index (χ1v) is 8.69. The third-order valence-electron chi connectivity index (χ3n) is 4.50. The first-order valence-electron chi connectivity index (χ1n) is 8.69. The van der Waals surface area contributed by atoms with E-state index < -0.39 is 17.2 Å². The minimum absolute atomic E-state index is 0.0638. The predicted octanol–water partition coefficient (Wildman–Crippen LogP) is 2.04. The maximum absolute atomic E-state index is 13.1. The molecule has 1 unspecified atom stereocenters. The fourth-order valence-electron chi connectivity index (χ4n) is 3.66. The topological polar surface area (TPSA) is 108 Å². The third-order valence-corrected chi connectivity index (χ3v) is 4.50. The first kappa shape index (κ1) is 21.0. The van der Waals surface area contributed by atoms with Gasteiger partial charge in [-0.25, -0.2) is 4.79 Å². The third kappa shape index (κ3) is 6.07. The molecule has 0 aromatic heterocycles. The molecular weight excluding hydrogens is 322 g/mol. The maximum Gasteiger partial charge on any atom is 0.404 e. The highest BCUT2D eigenvalue weighted by Crippen LogP contribution is 2.43. The molecule has 142 valence electrons. The fourth-order valence-corrected chi connectivity index (χ4v) is 3.66. The lowest BCUT2D eigenvalue weighted by atomic mass is 9.82. The van der Waals surface area contributed by atoms with Gasteiger partial charge in [-0.15, -0.1) is 6.58 Å². The van der Waals surface area contributed by atoms with Crippen molar-refractivity contribution < 1.29 is 19.5 Å². The van der Waals surface area contributed by atoms with E-state index in [0.29, 0.717) is 25.8 Å². The molecule has 0 radical (unpaired) electrons. The van der Waals surface area contributed by atoms with Crippen LogP contribution in [0, 0.1) is 11.8 Å². The Kier molecular flexibility index (Phi) is 7.02. The van der Waals surface area contributed by atoms with E-state index in [-0.39, 0.29) is 23.7 Å². The summed E-state index contributed by atoms with van der Waals surface area (Å²) >= 11 is 0. The van der Waals surface area contributed by atoms with Gasteiger partial charge < -0.3 is 21.1 Å². The highest BCUT2D eigenvalue weighted by Gasteiger charge is 2.52. The highest BCUT2D eigenvalue weighted by atomic mass is 16.4. The van der Waals surface area contributed by atoms with Crippen LogP contribution in [0.5, 0.6) is 0 Å². The largest absolute Gasteiger partial charge is 0.465 e. The summed E-state index contributed by atoms with van der Waals surface area (Å²) in [4.78, 5) is 35.5. The van der Waals surface area contributed by atoms with Crippen molar-refractivity contribution in [3.8, 4) is 0 Å². The average Bonchev–Trinajstić information content (AvgIpc) is 2.75. The number of hydrogen-bond donors (Lipinski definition) is 4. The van der Waals surface area contributed by atoms with Crippen LogP contribution >= 0.6 is 0 Å². The summed E-state index contributed by atoms with van der Waals surface area (Å²) in [5, 5.41) is 17.0. The molecule has 4 N–H and O–H groups in total. The second kappa shape index (κ2) is 8.36. The Morgan fingerprint density at radius 2 is 1.96 bits per heavy atom. The summed E-state index contributed by atoms with van der Waals surface area (Å²) in [5.41, 5.74) is -1.40. The van der Waals surface area contributed by atoms with Crippen LogP contribution in [0.1, 0.15) is 53.4 Å². The molecule has 1 rings (SSSR count). The number of rotatable bonds is 7. The second-order valence-corrected chi connectivity index (χ2v) is 7.90. The lowest BCUT2D eigenvalue weighted by molar-refractivity contribution is -0.135. The number of hydrogen-bond acceptors (Lipinski definition) is 3. The summed E-state index contributed by atoms with van der Waals surface area (Å²) < 4.78 is 0. The number of nitrogens with one attached hydrogen (secondary N) is 3. The zero-order valence-electron chi connectivity index (χ0n) is 15.6. The smallest absolute Gasteiger partial charge is 0.404 e. The molecule has 25 heavy (non-hydrogen) atoms. The van der Waals surface area contributed by atoms with Crippen LogP contribution in [-0.4, -0.2) is 40.6 Å². The van der Waals surface area contributed by atoms with Crippen molar-refractivity contribution in [1.29, 1.82) is 0 Å². The van der Waals surface area contributed by atoms with Crippen LogP contribution in [-0.2, 0) is 9.59 Å². The van der Waals surface area contributed by atoms with Crippen molar-refractivity contribution in [3.63, 3.8) is 0 Å². The van der Waals surface area contributed by atoms with E-state index in [0.717, 1.165) is 6.42 Å². The van der Waals surface area contributed by atoms with Gasteiger partial charge in [0.2, 0.25) is 11.8 Å². The Morgan fingerprint density at radius 3 is 2.44 bits per heavy atom. The van der Waals surface area contributed by atoms with Gasteiger partial charge in [0.1, 0.15) is 5.54 Å². The minimum atomic E-state index is -1.06. The van der Waals surface area contributed by atoms with Crippen LogP contribution in [0.15, 0.2) is 12.7 Å². The second-order valence-electron chi connectivity index (χ2n) is 7.90. The van der Waals surface area contributed by atoms with E-state index in [1.54, 1.807) is 6.08 Å². The lowest BCUT2D eigenvalue weighted by Crippen LogP contribution is -2.63. The molecule has 7 heteroatoms. The van der Waals surface area contributed by atoms with Gasteiger partial charge in [0.15, 0.2) is 0 Å². The van der Waals surface area contributed by atoms with Crippen LogP contribution < -0.4 is 16.0 Å². The molecule has 0 aliphatic heterocycles. The van der Waals surface area contributed by atoms with Gasteiger partial charge in [-0.1, -0.05) is 6.08 Å². The van der Waals surface area contributed by atoms with Crippen molar-refractivity contribution in [2.45, 2.75) is 64.5 Å². The summed E-state index contributed by atoms with van der Waals surface area (Å²) in [6.45, 7) is 11.2. The Bertz CT molecular complexity index is 527. The van der Waals surface area contributed by atoms with Gasteiger partial charge >= 0.3 is 6.09 Å². The van der Waals surface area contributed by atoms with Crippen molar-refractivity contribution in [2.75, 3.05) is 6.54 Å². The summed E-state index contributed by atoms with van der Waals surface area (Å²) in [6.07, 6.45) is 3.19. The van der Waals surface area contributed by atoms with E-state index in [2.05, 4.69) is 22.5 Å². The molecule has 0 aromatic carbocycles. The molecule has 0 bridgehead atoms. The summed E-state index contributed by atoms with van der Waals surface area (Å²) in [7, 11) is 0. The Hall–Kier alpha value is -2.05. The maximum atomic E-state index is 13.1. The molecule has 1 aliphatic carbocycles. The molecule has 0 aromatic rings. The fraction of sp³-hybridized carbons (Fsp3) is 0.722. The molecule has 1 fully saturated rings. The number of carboxylic acid groups (broad SMARTS) is 1. The summed E-state index contributed by atoms with van der Waals surface area (Å²) in [5.74, 6) is -0.348. The van der Waals surface area contributed by atoms with Crippen LogP contribution in [0.4, 0.5) is 4.79 Å². The van der Waals surface area contributed by atoms with Gasteiger partial charge in [-0.3, -0.25) is 9.59 Å². The zero-order valence-corrected chi connectivity index (χ0v) is 15.6. The molecule has 1 saturated carbocycles. The number of allylic oxidation sites excluding steroid dienone is 1. The quantitative estimate of drug-likeness (QED) is 0.525. The Labute approximate surface area is 149 Å². The SMILES string of the molecule is C=CCC1C[C@H](CCNC(=O)O)C[C@@]1(NC(C)=O)C(=O)NC(C)(C)C. The standard InChI is InChI=1S/C18H31N3O4/c1-6-7-14-10-13(8-9-19-16(24)25)11-18(14,20-12(2)22)15(23)21-17(3,4)5/h6,13-14,19H,1,7-11H2,2-5H3,(H,20,22)(H,21,23)(H,24,25)/t13-,14?,18-/m0/s1. The molecule has 7 nitrogen and oxygen atoms in total. The van der Waals surface area contributed by atoms with E-state index in [1.807, 2.05) is 20.8 Å². The molecule has 0 spiro atoms. The monoisotopic (exact) mass is 353 g/mol. The van der Waals surface area contributed by atoms with Crippen molar-refractivity contribution >= 4 is 17.9 Å². The van der Waals surface area contributed by atoms with Crippen LogP contribution in [0.3, 0.4) is 0 Å². The highest BCUT2D eigenvalue weighted by molar-refractivity contribution is 5.92. The normalized spacial score (nSPS) is 25.9. The van der Waals surface area contributed by atoms with Crippen molar-refractivity contribution in [2.24, 2.45) is 11.8 Å². The van der Waals surface area contributed by atoms with Crippen LogP contribution in [0.25, 0.3) is 0 Å². The lowest BCUT2D eigenvalue weighted by Gasteiger charge is -2.37. The van der Waals surface area contributed by atoms with Crippen molar-refractivity contribution in [1.82, 2.24) is 16.0 Å². The van der Waals surface area contributed by atoms with E-state index >= 15 is 0 Å². The number of amides is 3. The molecule has 3 atom stereocenters. The predicted molar refractivity (Wildman–Crippen MR) is 96.1 cm³/mol. The first-order chi connectivity index (χ1) is 11.5. The number of carbonyl (C=O) groups is 3. The molecule has 0 saturated heterocycles. The molecule has 1 aliphatic rings. The van der Waals surface area contributed by atoms with Gasteiger partial charge in [0, 0.05) is 19.0 Å². The van der Waals surface area contributed by atoms with Gasteiger partial charge in [-0.05, 0) is 58.3 Å². The molecule has 3 amide bonds. The van der Waals surface area contributed by atoms with Gasteiger partial charge in [0.05, 0.1) is 0 Å². The van der Waals surface area contributed by atoms with E-state index in [4.69, 9.17) is 5.11 Å². The Morgan fingerprint density at radius 1 is 1.32 bits per heavy atom. The zero-order chi connectivity index (χ0) is 19.3. The summed E-state index contributed by atoms with van der Waals surface area (Å²) in [6, 6.07) is 0. The molecular formula is C18H31N3O4. The van der Waals surface area contributed by atoms with Gasteiger partial charge in [0.25, 0.3) is 0 Å². The minimum Gasteiger partial charge on any atom is -0.465 e. The average molecular weight is 353 g/mol. The molecule has 0 heterocycles. The van der Waals surface area contributed by atoms with Crippen LogP contribution in [0.2, 0.25) is 0 Å². The van der Waals surface area contributed by atoms with Crippen molar-refractivity contribution in [3.05, 3.63) is 12.7 Å². The van der Waals surface area contributed by atoms with E-state index in [9.17, 15) is 14.4 Å².